The molecule has 2 N–H and O–H groups in total. The van der Waals surface area contributed by atoms with Gasteiger partial charge in [-0.2, -0.15) is 0 Å². The molecule has 0 radical (unpaired) electrons. The summed E-state index contributed by atoms with van der Waals surface area (Å²) in [5.74, 6) is -0.160. The molecule has 1 aromatic carbocycles. The molecular weight excluding hydrogens is 266 g/mol. The Morgan fingerprint density at radius 1 is 1.37 bits per heavy atom. The van der Waals surface area contributed by atoms with Crippen molar-refractivity contribution < 1.29 is 14.6 Å². The molecule has 0 fully saturated rings. The van der Waals surface area contributed by atoms with E-state index in [4.69, 9.17) is 9.84 Å². The van der Waals surface area contributed by atoms with E-state index in [2.05, 4.69) is 15.5 Å². The van der Waals surface area contributed by atoms with Crippen molar-refractivity contribution in [2.45, 2.75) is 13.0 Å². The van der Waals surface area contributed by atoms with Gasteiger partial charge in [0.2, 0.25) is 5.13 Å². The normalized spacial score (nSPS) is 11.9. The zero-order valence-electron chi connectivity index (χ0n) is 10.5. The number of rotatable bonds is 5. The van der Waals surface area contributed by atoms with Crippen molar-refractivity contribution in [2.75, 3.05) is 12.4 Å². The van der Waals surface area contributed by atoms with Crippen molar-refractivity contribution in [2.24, 2.45) is 0 Å². The van der Waals surface area contributed by atoms with Gasteiger partial charge < -0.3 is 15.2 Å². The minimum Gasteiger partial charge on any atom is -0.497 e. The average Bonchev–Trinajstić information content (AvgIpc) is 2.87. The monoisotopic (exact) mass is 279 g/mol. The lowest BCUT2D eigenvalue weighted by atomic mass is 10.2. The van der Waals surface area contributed by atoms with Gasteiger partial charge >= 0.3 is 5.97 Å². The molecule has 0 saturated heterocycles. The Morgan fingerprint density at radius 3 is 2.63 bits per heavy atom. The number of ether oxygens (including phenoxy) is 1. The summed E-state index contributed by atoms with van der Waals surface area (Å²) < 4.78 is 5.08. The van der Waals surface area contributed by atoms with Gasteiger partial charge in [-0.1, -0.05) is 11.3 Å². The summed E-state index contributed by atoms with van der Waals surface area (Å²) >= 11 is 1.31. The average molecular weight is 279 g/mol. The number of aromatic nitrogens is 2. The maximum absolute atomic E-state index is 10.7. The van der Waals surface area contributed by atoms with Gasteiger partial charge in [0.25, 0.3) is 0 Å². The molecule has 1 atom stereocenters. The van der Waals surface area contributed by atoms with Crippen LogP contribution >= 0.6 is 11.3 Å². The second-order valence-electron chi connectivity index (χ2n) is 3.85. The minimum atomic E-state index is -0.929. The summed E-state index contributed by atoms with van der Waals surface area (Å²) in [5, 5.41) is 20.7. The number of carbonyl (C=O) groups is 1. The number of carboxylic acid groups (broad SMARTS) is 1. The Hall–Kier alpha value is -2.15. The summed E-state index contributed by atoms with van der Waals surface area (Å²) in [6, 6.07) is 6.73. The zero-order chi connectivity index (χ0) is 13.8. The first-order valence-corrected chi connectivity index (χ1v) is 6.39. The van der Waals surface area contributed by atoms with Crippen LogP contribution in [0.4, 0.5) is 5.13 Å². The molecule has 0 unspecified atom stereocenters. The fourth-order valence-corrected chi connectivity index (χ4v) is 2.21. The second kappa shape index (κ2) is 5.66. The highest BCUT2D eigenvalue weighted by molar-refractivity contribution is 7.18. The van der Waals surface area contributed by atoms with Gasteiger partial charge in [0.15, 0.2) is 0 Å². The Balaban J connectivity index is 2.13. The van der Waals surface area contributed by atoms with Crippen LogP contribution in [0.25, 0.3) is 10.6 Å². The molecule has 0 aliphatic heterocycles. The molecule has 0 spiro atoms. The van der Waals surface area contributed by atoms with Crippen molar-refractivity contribution in [3.63, 3.8) is 0 Å². The number of nitrogens with zero attached hydrogens (tertiary/aromatic N) is 2. The second-order valence-corrected chi connectivity index (χ2v) is 4.82. The molecular formula is C12H13N3O3S. The molecule has 6 nitrogen and oxygen atoms in total. The SMILES string of the molecule is COc1ccc(-c2nnc(N[C@@H](C)C(=O)O)s2)cc1. The number of hydrogen-bond donors (Lipinski definition) is 2. The fraction of sp³-hybridized carbons (Fsp3) is 0.250. The molecule has 100 valence electrons. The molecule has 2 rings (SSSR count). The molecule has 19 heavy (non-hydrogen) atoms. The van der Waals surface area contributed by atoms with E-state index in [9.17, 15) is 4.79 Å². The van der Waals surface area contributed by atoms with E-state index in [1.165, 1.54) is 11.3 Å². The molecule has 1 aromatic heterocycles. The molecule has 0 amide bonds. The Kier molecular flexibility index (Phi) is 3.96. The van der Waals surface area contributed by atoms with Crippen LogP contribution in [-0.2, 0) is 4.79 Å². The van der Waals surface area contributed by atoms with E-state index in [-0.39, 0.29) is 0 Å². The fourth-order valence-electron chi connectivity index (χ4n) is 1.38. The lowest BCUT2D eigenvalue weighted by molar-refractivity contribution is -0.137. The standard InChI is InChI=1S/C12H13N3O3S/c1-7(11(16)17)13-12-15-14-10(19-12)8-3-5-9(18-2)6-4-8/h3-7H,1-2H3,(H,13,15)(H,16,17)/t7-/m0/s1. The maximum atomic E-state index is 10.7. The number of nitrogens with one attached hydrogen (secondary N) is 1. The number of carboxylic acids is 1. The number of anilines is 1. The molecule has 2 aromatic rings. The van der Waals surface area contributed by atoms with E-state index < -0.39 is 12.0 Å². The van der Waals surface area contributed by atoms with Crippen LogP contribution in [0, 0.1) is 0 Å². The third-order valence-electron chi connectivity index (χ3n) is 2.47. The van der Waals surface area contributed by atoms with E-state index >= 15 is 0 Å². The summed E-state index contributed by atoms with van der Waals surface area (Å²) in [4.78, 5) is 10.7. The zero-order valence-corrected chi connectivity index (χ0v) is 11.3. The van der Waals surface area contributed by atoms with Gasteiger partial charge in [0.05, 0.1) is 7.11 Å². The quantitative estimate of drug-likeness (QED) is 0.872. The van der Waals surface area contributed by atoms with Gasteiger partial charge in [-0.3, -0.25) is 4.79 Å². The van der Waals surface area contributed by atoms with E-state index in [1.807, 2.05) is 24.3 Å². The summed E-state index contributed by atoms with van der Waals surface area (Å²) in [6.45, 7) is 1.55. The Labute approximate surface area is 114 Å². The predicted molar refractivity (Wildman–Crippen MR) is 72.6 cm³/mol. The van der Waals surface area contributed by atoms with Gasteiger partial charge in [0, 0.05) is 5.56 Å². The highest BCUT2D eigenvalue weighted by Crippen LogP contribution is 2.27. The number of benzene rings is 1. The van der Waals surface area contributed by atoms with Gasteiger partial charge in [-0.05, 0) is 31.2 Å². The first kappa shape index (κ1) is 13.3. The first-order chi connectivity index (χ1) is 9.10. The van der Waals surface area contributed by atoms with Crippen LogP contribution in [0.3, 0.4) is 0 Å². The van der Waals surface area contributed by atoms with Crippen molar-refractivity contribution >= 4 is 22.4 Å². The van der Waals surface area contributed by atoms with Crippen LogP contribution in [0.2, 0.25) is 0 Å². The molecule has 0 aliphatic rings. The van der Waals surface area contributed by atoms with Crippen molar-refractivity contribution in [1.82, 2.24) is 10.2 Å². The molecule has 1 heterocycles. The lowest BCUT2D eigenvalue weighted by Gasteiger charge is -2.05. The molecule has 0 aliphatic carbocycles. The van der Waals surface area contributed by atoms with E-state index in [0.29, 0.717) is 5.13 Å². The van der Waals surface area contributed by atoms with Gasteiger partial charge in [-0.25, -0.2) is 0 Å². The van der Waals surface area contributed by atoms with Crippen LogP contribution in [-0.4, -0.2) is 34.4 Å². The minimum absolute atomic E-state index is 0.487. The van der Waals surface area contributed by atoms with Gasteiger partial charge in [0.1, 0.15) is 16.8 Å². The summed E-state index contributed by atoms with van der Waals surface area (Å²) in [5.41, 5.74) is 0.911. The van der Waals surface area contributed by atoms with E-state index in [0.717, 1.165) is 16.3 Å². The summed E-state index contributed by atoms with van der Waals surface area (Å²) in [7, 11) is 1.61. The smallest absolute Gasteiger partial charge is 0.325 e. The third-order valence-corrected chi connectivity index (χ3v) is 3.38. The largest absolute Gasteiger partial charge is 0.497 e. The highest BCUT2D eigenvalue weighted by atomic mass is 32.1. The van der Waals surface area contributed by atoms with Gasteiger partial charge in [-0.15, -0.1) is 10.2 Å². The van der Waals surface area contributed by atoms with Crippen LogP contribution in [0.5, 0.6) is 5.75 Å². The van der Waals surface area contributed by atoms with Crippen molar-refractivity contribution in [3.8, 4) is 16.3 Å². The Morgan fingerprint density at radius 2 is 2.05 bits per heavy atom. The van der Waals surface area contributed by atoms with Crippen LogP contribution in [0.15, 0.2) is 24.3 Å². The molecule has 7 heteroatoms. The third kappa shape index (κ3) is 3.19. The number of methoxy groups -OCH3 is 1. The number of aliphatic carboxylic acids is 1. The highest BCUT2D eigenvalue weighted by Gasteiger charge is 2.13. The lowest BCUT2D eigenvalue weighted by Crippen LogP contribution is -2.25. The van der Waals surface area contributed by atoms with Crippen LogP contribution in [0.1, 0.15) is 6.92 Å². The van der Waals surface area contributed by atoms with Crippen LogP contribution < -0.4 is 10.1 Å². The Bertz CT molecular complexity index is 568. The molecule has 0 bridgehead atoms. The molecule has 0 saturated carbocycles. The maximum Gasteiger partial charge on any atom is 0.325 e. The number of hydrogen-bond acceptors (Lipinski definition) is 6. The van der Waals surface area contributed by atoms with Crippen molar-refractivity contribution in [1.29, 1.82) is 0 Å². The van der Waals surface area contributed by atoms with E-state index in [1.54, 1.807) is 14.0 Å². The first-order valence-electron chi connectivity index (χ1n) is 5.57. The summed E-state index contributed by atoms with van der Waals surface area (Å²) in [6.07, 6.45) is 0. The topological polar surface area (TPSA) is 84.3 Å². The van der Waals surface area contributed by atoms with Crippen molar-refractivity contribution in [3.05, 3.63) is 24.3 Å². The predicted octanol–water partition coefficient (Wildman–Crippen LogP) is 2.10.